The zero-order valence-electron chi connectivity index (χ0n) is 6.73. The van der Waals surface area contributed by atoms with Gasteiger partial charge >= 0.3 is 5.97 Å². The van der Waals surface area contributed by atoms with E-state index < -0.39 is 12.0 Å². The summed E-state index contributed by atoms with van der Waals surface area (Å²) in [4.78, 5) is 10.4. The van der Waals surface area contributed by atoms with Crippen molar-refractivity contribution < 1.29 is 9.90 Å². The van der Waals surface area contributed by atoms with Crippen molar-refractivity contribution in [2.75, 3.05) is 0 Å². The van der Waals surface area contributed by atoms with Crippen LogP contribution in [-0.4, -0.2) is 17.1 Å². The van der Waals surface area contributed by atoms with Gasteiger partial charge in [0.2, 0.25) is 0 Å². The molecule has 0 aromatic carbocycles. The monoisotopic (exact) mass is 168 g/mol. The molecule has 12 heavy (non-hydrogen) atoms. The number of carbonyl (C=O) groups is 1. The van der Waals surface area contributed by atoms with E-state index >= 15 is 0 Å². The van der Waals surface area contributed by atoms with E-state index in [1.54, 1.807) is 0 Å². The third-order valence-electron chi connectivity index (χ3n) is 2.18. The van der Waals surface area contributed by atoms with Gasteiger partial charge in [0.15, 0.2) is 0 Å². The fourth-order valence-corrected chi connectivity index (χ4v) is 1.22. The number of carboxylic acids is 1. The summed E-state index contributed by atoms with van der Waals surface area (Å²) in [5, 5.41) is 17.2. The summed E-state index contributed by atoms with van der Waals surface area (Å²) in [6, 6.07) is 1.23. The number of hydrogen-bond acceptors (Lipinski definition) is 3. The predicted molar refractivity (Wildman–Crippen MR) is 42.1 cm³/mol. The van der Waals surface area contributed by atoms with Crippen LogP contribution < -0.4 is 5.73 Å². The molecule has 3 N–H and O–H groups in total. The second kappa shape index (κ2) is 3.55. The van der Waals surface area contributed by atoms with Crippen molar-refractivity contribution in [2.45, 2.75) is 25.3 Å². The van der Waals surface area contributed by atoms with Crippen LogP contribution >= 0.6 is 0 Å². The lowest BCUT2D eigenvalue weighted by atomic mass is 9.97. The van der Waals surface area contributed by atoms with Crippen molar-refractivity contribution in [2.24, 2.45) is 17.6 Å². The zero-order valence-corrected chi connectivity index (χ0v) is 6.73. The number of aliphatic carboxylic acids is 1. The summed E-state index contributed by atoms with van der Waals surface area (Å²) in [7, 11) is 0. The zero-order chi connectivity index (χ0) is 9.14. The van der Waals surface area contributed by atoms with E-state index in [1.165, 1.54) is 0 Å². The Bertz CT molecular complexity index is 218. The average molecular weight is 168 g/mol. The summed E-state index contributed by atoms with van der Waals surface area (Å²) in [5.41, 5.74) is 5.31. The van der Waals surface area contributed by atoms with Gasteiger partial charge in [0, 0.05) is 0 Å². The fraction of sp³-hybridized carbons (Fsp3) is 0.750. The maximum atomic E-state index is 10.4. The highest BCUT2D eigenvalue weighted by Gasteiger charge is 2.33. The van der Waals surface area contributed by atoms with E-state index in [1.807, 2.05) is 0 Å². The first-order valence-electron chi connectivity index (χ1n) is 4.03. The lowest BCUT2D eigenvalue weighted by Gasteiger charge is -2.09. The molecule has 0 saturated heterocycles. The van der Waals surface area contributed by atoms with Crippen molar-refractivity contribution in [3.05, 3.63) is 0 Å². The van der Waals surface area contributed by atoms with Crippen LogP contribution in [-0.2, 0) is 4.79 Å². The van der Waals surface area contributed by atoms with E-state index in [-0.39, 0.29) is 12.3 Å². The van der Waals surface area contributed by atoms with E-state index in [4.69, 9.17) is 16.1 Å². The van der Waals surface area contributed by atoms with E-state index in [9.17, 15) is 4.79 Å². The van der Waals surface area contributed by atoms with Crippen molar-refractivity contribution in [1.82, 2.24) is 0 Å². The van der Waals surface area contributed by atoms with Crippen molar-refractivity contribution in [3.63, 3.8) is 0 Å². The summed E-state index contributed by atoms with van der Waals surface area (Å²) in [5.74, 6) is -0.771. The molecule has 1 aliphatic carbocycles. The second-order valence-electron chi connectivity index (χ2n) is 3.25. The highest BCUT2D eigenvalue weighted by molar-refractivity contribution is 5.73. The summed E-state index contributed by atoms with van der Waals surface area (Å²) < 4.78 is 0. The van der Waals surface area contributed by atoms with Gasteiger partial charge in [0.25, 0.3) is 0 Å². The number of carboxylic acid groups (broad SMARTS) is 1. The smallest absolute Gasteiger partial charge is 0.320 e. The van der Waals surface area contributed by atoms with Crippen molar-refractivity contribution in [1.29, 1.82) is 5.26 Å². The normalized spacial score (nSPS) is 21.0. The van der Waals surface area contributed by atoms with Crippen LogP contribution in [0.5, 0.6) is 0 Å². The molecule has 0 heterocycles. The lowest BCUT2D eigenvalue weighted by molar-refractivity contribution is -0.138. The molecule has 1 saturated carbocycles. The maximum absolute atomic E-state index is 10.4. The number of nitrogens with zero attached hydrogens (tertiary/aromatic N) is 1. The fourth-order valence-electron chi connectivity index (χ4n) is 1.22. The summed E-state index contributed by atoms with van der Waals surface area (Å²) >= 11 is 0. The van der Waals surface area contributed by atoms with Gasteiger partial charge in [-0.2, -0.15) is 5.26 Å². The Hall–Kier alpha value is -1.08. The first kappa shape index (κ1) is 9.01. The standard InChI is InChI=1S/C8H12N2O2/c9-4-6(5-1-2-5)3-7(10)8(11)12/h5-7H,1-3,10H2,(H,11,12)/t6?,7-/m0/s1. The number of nitrogens with two attached hydrogens (primary N) is 1. The predicted octanol–water partition coefficient (Wildman–Crippen LogP) is 0.338. The van der Waals surface area contributed by atoms with Gasteiger partial charge < -0.3 is 10.8 Å². The molecule has 4 nitrogen and oxygen atoms in total. The summed E-state index contributed by atoms with van der Waals surface area (Å²) in [6.07, 6.45) is 2.38. The van der Waals surface area contributed by atoms with Crippen LogP contribution in [0.4, 0.5) is 0 Å². The molecule has 66 valence electrons. The third-order valence-corrected chi connectivity index (χ3v) is 2.18. The molecular formula is C8H12N2O2. The number of hydrogen-bond donors (Lipinski definition) is 2. The molecule has 1 fully saturated rings. The molecule has 0 bridgehead atoms. The molecule has 0 amide bonds. The minimum absolute atomic E-state index is 0.156. The average Bonchev–Trinajstić information content (AvgIpc) is 2.82. The Morgan fingerprint density at radius 2 is 2.33 bits per heavy atom. The Labute approximate surface area is 71.0 Å². The highest BCUT2D eigenvalue weighted by Crippen LogP contribution is 2.38. The Morgan fingerprint density at radius 1 is 1.75 bits per heavy atom. The number of rotatable bonds is 4. The molecule has 1 unspecified atom stereocenters. The van der Waals surface area contributed by atoms with Crippen LogP contribution in [0.25, 0.3) is 0 Å². The van der Waals surface area contributed by atoms with Crippen LogP contribution in [0.3, 0.4) is 0 Å². The van der Waals surface area contributed by atoms with Gasteiger partial charge in [-0.1, -0.05) is 0 Å². The molecule has 1 rings (SSSR count). The van der Waals surface area contributed by atoms with Gasteiger partial charge in [-0.25, -0.2) is 0 Å². The van der Waals surface area contributed by atoms with Crippen molar-refractivity contribution >= 4 is 5.97 Å². The molecule has 0 radical (unpaired) electrons. The molecule has 0 aliphatic heterocycles. The second-order valence-corrected chi connectivity index (χ2v) is 3.25. The van der Waals surface area contributed by atoms with E-state index in [0.29, 0.717) is 5.92 Å². The molecule has 4 heteroatoms. The largest absolute Gasteiger partial charge is 0.480 e. The minimum atomic E-state index is -1.02. The molecular weight excluding hydrogens is 156 g/mol. The van der Waals surface area contributed by atoms with Crippen LogP contribution in [0.2, 0.25) is 0 Å². The van der Waals surface area contributed by atoms with Crippen LogP contribution in [0.1, 0.15) is 19.3 Å². The first-order chi connectivity index (χ1) is 5.65. The van der Waals surface area contributed by atoms with Crippen LogP contribution in [0.15, 0.2) is 0 Å². The van der Waals surface area contributed by atoms with Gasteiger partial charge in [0.05, 0.1) is 12.0 Å². The van der Waals surface area contributed by atoms with Gasteiger partial charge in [-0.3, -0.25) is 4.79 Å². The topological polar surface area (TPSA) is 87.1 Å². The Morgan fingerprint density at radius 3 is 2.67 bits per heavy atom. The first-order valence-corrected chi connectivity index (χ1v) is 4.03. The maximum Gasteiger partial charge on any atom is 0.320 e. The molecule has 2 atom stereocenters. The van der Waals surface area contributed by atoms with Gasteiger partial charge in [-0.15, -0.1) is 0 Å². The lowest BCUT2D eigenvalue weighted by Crippen LogP contribution is -2.32. The minimum Gasteiger partial charge on any atom is -0.480 e. The third kappa shape index (κ3) is 2.21. The summed E-state index contributed by atoms with van der Waals surface area (Å²) in [6.45, 7) is 0. The molecule has 0 aromatic rings. The van der Waals surface area contributed by atoms with Crippen LogP contribution in [0, 0.1) is 23.2 Å². The Balaban J connectivity index is 2.37. The van der Waals surface area contributed by atoms with E-state index in [2.05, 4.69) is 6.07 Å². The Kier molecular flexibility index (Phi) is 2.66. The van der Waals surface area contributed by atoms with Crippen molar-refractivity contribution in [3.8, 4) is 6.07 Å². The SMILES string of the molecule is N#CC(C[C@H](N)C(=O)O)C1CC1. The molecule has 1 aliphatic rings. The van der Waals surface area contributed by atoms with E-state index in [0.717, 1.165) is 12.8 Å². The highest BCUT2D eigenvalue weighted by atomic mass is 16.4. The van der Waals surface area contributed by atoms with Gasteiger partial charge in [0.1, 0.15) is 6.04 Å². The molecule has 0 spiro atoms. The van der Waals surface area contributed by atoms with Gasteiger partial charge in [-0.05, 0) is 25.2 Å². The number of nitriles is 1. The quantitative estimate of drug-likeness (QED) is 0.633. The molecule has 0 aromatic heterocycles.